The quantitative estimate of drug-likeness (QED) is 0.832. The molecule has 5 heteroatoms. The summed E-state index contributed by atoms with van der Waals surface area (Å²) in [4.78, 5) is 14.8. The number of rotatable bonds is 7. The molecule has 2 unspecified atom stereocenters. The topological polar surface area (TPSA) is 50.8 Å². The Morgan fingerprint density at radius 3 is 2.54 bits per heavy atom. The van der Waals surface area contributed by atoms with E-state index < -0.39 is 0 Å². The number of benzene rings is 1. The maximum atomic E-state index is 12.4. The highest BCUT2D eigenvalue weighted by molar-refractivity contribution is 5.78. The first kappa shape index (κ1) is 17.2. The van der Waals surface area contributed by atoms with Crippen LogP contribution in [0.15, 0.2) is 24.3 Å². The van der Waals surface area contributed by atoms with Crippen molar-refractivity contribution in [1.29, 1.82) is 0 Å². The van der Waals surface area contributed by atoms with Crippen LogP contribution in [-0.4, -0.2) is 50.8 Å². The van der Waals surface area contributed by atoms with Crippen LogP contribution >= 0.6 is 0 Å². The third-order valence-corrected chi connectivity index (χ3v) is 5.20. The number of methoxy groups -OCH3 is 1. The van der Waals surface area contributed by atoms with Gasteiger partial charge in [0.05, 0.1) is 26.4 Å². The number of hydrogen-bond acceptors (Lipinski definition) is 4. The molecule has 2 fully saturated rings. The number of nitrogens with zero attached hydrogens (tertiary/aromatic N) is 1. The monoisotopic (exact) mass is 332 g/mol. The molecule has 1 aliphatic heterocycles. The zero-order chi connectivity index (χ0) is 16.9. The van der Waals surface area contributed by atoms with Gasteiger partial charge >= 0.3 is 0 Å². The lowest BCUT2D eigenvalue weighted by Gasteiger charge is -2.35. The Hall–Kier alpha value is -1.59. The van der Waals surface area contributed by atoms with E-state index >= 15 is 0 Å². The molecule has 1 amide bonds. The van der Waals surface area contributed by atoms with Crippen LogP contribution in [0, 0.1) is 11.8 Å². The van der Waals surface area contributed by atoms with E-state index in [-0.39, 0.29) is 17.9 Å². The summed E-state index contributed by atoms with van der Waals surface area (Å²) in [6.07, 6.45) is 2.39. The van der Waals surface area contributed by atoms with Crippen LogP contribution in [-0.2, 0) is 9.53 Å². The molecule has 0 bridgehead atoms. The molecule has 1 saturated heterocycles. The van der Waals surface area contributed by atoms with E-state index in [9.17, 15) is 4.79 Å². The maximum Gasteiger partial charge on any atom is 0.223 e. The van der Waals surface area contributed by atoms with Crippen molar-refractivity contribution in [2.75, 3.05) is 40.0 Å². The molecule has 2 aliphatic rings. The fourth-order valence-corrected chi connectivity index (χ4v) is 3.34. The van der Waals surface area contributed by atoms with Gasteiger partial charge in [-0.05, 0) is 36.5 Å². The molecule has 0 radical (unpaired) electrons. The average Bonchev–Trinajstić information content (AvgIpc) is 3.47. The summed E-state index contributed by atoms with van der Waals surface area (Å²) in [5, 5.41) is 3.18. The van der Waals surface area contributed by atoms with E-state index in [0.717, 1.165) is 32.1 Å². The van der Waals surface area contributed by atoms with Gasteiger partial charge in [-0.1, -0.05) is 19.1 Å². The summed E-state index contributed by atoms with van der Waals surface area (Å²) in [6, 6.07) is 8.33. The predicted molar refractivity (Wildman–Crippen MR) is 93.0 cm³/mol. The minimum absolute atomic E-state index is 0.131. The third kappa shape index (κ3) is 4.28. The van der Waals surface area contributed by atoms with Crippen LogP contribution < -0.4 is 10.1 Å². The van der Waals surface area contributed by atoms with Gasteiger partial charge in [0.15, 0.2) is 0 Å². The number of carbonyl (C=O) groups is 1. The Kier molecular flexibility index (Phi) is 5.74. The summed E-state index contributed by atoms with van der Waals surface area (Å²) >= 11 is 0. The van der Waals surface area contributed by atoms with Crippen molar-refractivity contribution in [2.45, 2.75) is 25.8 Å². The molecule has 1 saturated carbocycles. The van der Waals surface area contributed by atoms with E-state index in [0.29, 0.717) is 12.5 Å². The molecule has 0 aromatic heterocycles. The molecule has 5 nitrogen and oxygen atoms in total. The number of carbonyl (C=O) groups excluding carboxylic acids is 1. The van der Waals surface area contributed by atoms with Crippen molar-refractivity contribution in [3.63, 3.8) is 0 Å². The summed E-state index contributed by atoms with van der Waals surface area (Å²) in [5.41, 5.74) is 1.21. The van der Waals surface area contributed by atoms with E-state index in [1.165, 1.54) is 18.4 Å². The Bertz CT molecular complexity index is 536. The minimum Gasteiger partial charge on any atom is -0.497 e. The molecular formula is C19H28N2O3. The van der Waals surface area contributed by atoms with Gasteiger partial charge in [0.1, 0.15) is 5.75 Å². The highest BCUT2D eigenvalue weighted by atomic mass is 16.5. The summed E-state index contributed by atoms with van der Waals surface area (Å²) in [5.74, 6) is 1.76. The Labute approximate surface area is 144 Å². The third-order valence-electron chi connectivity index (χ3n) is 5.20. The normalized spacial score (nSPS) is 21.1. The van der Waals surface area contributed by atoms with Gasteiger partial charge in [0, 0.05) is 25.6 Å². The number of hydrogen-bond donors (Lipinski definition) is 1. The molecule has 2 atom stereocenters. The van der Waals surface area contributed by atoms with Gasteiger partial charge in [-0.2, -0.15) is 0 Å². The lowest BCUT2D eigenvalue weighted by Crippen LogP contribution is -2.44. The van der Waals surface area contributed by atoms with E-state index in [2.05, 4.69) is 22.3 Å². The zero-order valence-corrected chi connectivity index (χ0v) is 14.7. The van der Waals surface area contributed by atoms with Crippen molar-refractivity contribution in [3.05, 3.63) is 29.8 Å². The van der Waals surface area contributed by atoms with Crippen LogP contribution in [0.1, 0.15) is 31.4 Å². The second-order valence-corrected chi connectivity index (χ2v) is 6.81. The highest BCUT2D eigenvalue weighted by Gasteiger charge is 2.33. The molecule has 3 rings (SSSR count). The average molecular weight is 332 g/mol. The molecule has 132 valence electrons. The van der Waals surface area contributed by atoms with Gasteiger partial charge in [0.2, 0.25) is 5.91 Å². The number of ether oxygens (including phenoxy) is 2. The first-order chi connectivity index (χ1) is 11.7. The van der Waals surface area contributed by atoms with Crippen molar-refractivity contribution >= 4 is 5.91 Å². The minimum atomic E-state index is 0.131. The Balaban J connectivity index is 1.67. The number of nitrogens with one attached hydrogen (secondary N) is 1. The van der Waals surface area contributed by atoms with Gasteiger partial charge < -0.3 is 14.8 Å². The van der Waals surface area contributed by atoms with E-state index in [4.69, 9.17) is 9.47 Å². The van der Waals surface area contributed by atoms with Crippen molar-refractivity contribution in [2.24, 2.45) is 11.8 Å². The lowest BCUT2D eigenvalue weighted by molar-refractivity contribution is -0.125. The van der Waals surface area contributed by atoms with Gasteiger partial charge in [-0.15, -0.1) is 0 Å². The first-order valence-corrected chi connectivity index (χ1v) is 8.92. The van der Waals surface area contributed by atoms with Crippen LogP contribution in [0.3, 0.4) is 0 Å². The van der Waals surface area contributed by atoms with E-state index in [1.54, 1.807) is 7.11 Å². The largest absolute Gasteiger partial charge is 0.497 e. The summed E-state index contributed by atoms with van der Waals surface area (Å²) < 4.78 is 10.7. The SMILES string of the molecule is COc1ccc(C(CNC(=O)C(C)C2CC2)N2CCOCC2)cc1. The van der Waals surface area contributed by atoms with Crippen LogP contribution in [0.25, 0.3) is 0 Å². The molecule has 1 aliphatic carbocycles. The standard InChI is InChI=1S/C19H28N2O3/c1-14(15-3-4-15)19(22)20-13-18(21-9-11-24-12-10-21)16-5-7-17(23-2)8-6-16/h5-8,14-15,18H,3-4,9-13H2,1-2H3,(H,20,22). The molecule has 1 aromatic rings. The van der Waals surface area contributed by atoms with Crippen molar-refractivity contribution < 1.29 is 14.3 Å². The number of morpholine rings is 1. The van der Waals surface area contributed by atoms with Gasteiger partial charge in [-0.3, -0.25) is 9.69 Å². The number of amides is 1. The van der Waals surface area contributed by atoms with Gasteiger partial charge in [0.25, 0.3) is 0 Å². The first-order valence-electron chi connectivity index (χ1n) is 8.92. The van der Waals surface area contributed by atoms with Crippen LogP contribution in [0.2, 0.25) is 0 Å². The molecule has 1 heterocycles. The summed E-state index contributed by atoms with van der Waals surface area (Å²) in [7, 11) is 1.67. The van der Waals surface area contributed by atoms with Crippen molar-refractivity contribution in [1.82, 2.24) is 10.2 Å². The predicted octanol–water partition coefficient (Wildman–Crippen LogP) is 2.23. The maximum absolute atomic E-state index is 12.4. The van der Waals surface area contributed by atoms with E-state index in [1.807, 2.05) is 19.1 Å². The fourth-order valence-electron chi connectivity index (χ4n) is 3.34. The van der Waals surface area contributed by atoms with Crippen molar-refractivity contribution in [3.8, 4) is 5.75 Å². The fraction of sp³-hybridized carbons (Fsp3) is 0.632. The zero-order valence-electron chi connectivity index (χ0n) is 14.7. The van der Waals surface area contributed by atoms with Crippen LogP contribution in [0.4, 0.5) is 0 Å². The molecule has 1 N–H and O–H groups in total. The van der Waals surface area contributed by atoms with Gasteiger partial charge in [-0.25, -0.2) is 0 Å². The van der Waals surface area contributed by atoms with Crippen LogP contribution in [0.5, 0.6) is 5.75 Å². The lowest BCUT2D eigenvalue weighted by atomic mass is 10.0. The molecule has 0 spiro atoms. The Morgan fingerprint density at radius 1 is 1.29 bits per heavy atom. The second-order valence-electron chi connectivity index (χ2n) is 6.81. The smallest absolute Gasteiger partial charge is 0.223 e. The molecule has 24 heavy (non-hydrogen) atoms. The second kappa shape index (κ2) is 7.99. The molecular weight excluding hydrogens is 304 g/mol. The summed E-state index contributed by atoms with van der Waals surface area (Å²) in [6.45, 7) is 5.97. The Morgan fingerprint density at radius 2 is 1.96 bits per heavy atom. The molecule has 1 aromatic carbocycles. The highest BCUT2D eigenvalue weighted by Crippen LogP contribution is 2.36.